The fourth-order valence-corrected chi connectivity index (χ4v) is 3.75. The summed E-state index contributed by atoms with van der Waals surface area (Å²) in [6, 6.07) is 3.60. The third-order valence-corrected chi connectivity index (χ3v) is 5.74. The first kappa shape index (κ1) is 18.7. The van der Waals surface area contributed by atoms with Crippen LogP contribution < -0.4 is 19.5 Å². The van der Waals surface area contributed by atoms with E-state index in [2.05, 4.69) is 20.5 Å². The molecule has 1 N–H and O–H groups in total. The Morgan fingerprint density at radius 2 is 2.03 bits per heavy atom. The van der Waals surface area contributed by atoms with E-state index in [9.17, 15) is 4.79 Å². The molecule has 4 heterocycles. The Labute approximate surface area is 175 Å². The van der Waals surface area contributed by atoms with Gasteiger partial charge in [0, 0.05) is 12.6 Å². The maximum Gasteiger partial charge on any atom is 0.294 e. The molecule has 1 aliphatic rings. The summed E-state index contributed by atoms with van der Waals surface area (Å²) in [5.74, 6) is 1.56. The lowest BCUT2D eigenvalue weighted by Crippen LogP contribution is -2.30. The van der Waals surface area contributed by atoms with Crippen LogP contribution in [0.15, 0.2) is 24.5 Å². The first-order valence-electron chi connectivity index (χ1n) is 9.50. The number of methoxy groups -OCH3 is 2. The van der Waals surface area contributed by atoms with E-state index in [-0.39, 0.29) is 12.5 Å². The minimum Gasteiger partial charge on any atom is -0.495 e. The molecular formula is C19H20N6O4S. The molecule has 0 radical (unpaired) electrons. The lowest BCUT2D eigenvalue weighted by Gasteiger charge is -2.10. The second-order valence-electron chi connectivity index (χ2n) is 7.07. The van der Waals surface area contributed by atoms with Crippen LogP contribution in [0, 0.1) is 5.92 Å². The Bertz CT molecular complexity index is 1190. The van der Waals surface area contributed by atoms with Gasteiger partial charge in [0.1, 0.15) is 28.4 Å². The topological polar surface area (TPSA) is 104 Å². The lowest BCUT2D eigenvalue weighted by molar-refractivity contribution is -0.123. The molecule has 0 unspecified atom stereocenters. The Hall–Kier alpha value is -3.34. The van der Waals surface area contributed by atoms with Crippen LogP contribution in [0.3, 0.4) is 0 Å². The standard InChI is InChI=1S/C19H20N6O4S/c1-27-12-5-16(29-10-17(26)20-7-11-3-4-11)15-6-13(22-24(15)8-12)14-9-25-18(21-14)30-19(23-25)28-2/h5-6,8-9,11H,3-4,7,10H2,1-2H3,(H,20,26). The van der Waals surface area contributed by atoms with Gasteiger partial charge < -0.3 is 19.5 Å². The van der Waals surface area contributed by atoms with Gasteiger partial charge in [0.25, 0.3) is 11.1 Å². The monoisotopic (exact) mass is 428 g/mol. The van der Waals surface area contributed by atoms with Crippen molar-refractivity contribution in [2.24, 2.45) is 5.92 Å². The van der Waals surface area contributed by atoms with E-state index in [0.717, 1.165) is 0 Å². The first-order valence-corrected chi connectivity index (χ1v) is 10.3. The molecule has 30 heavy (non-hydrogen) atoms. The number of hydrogen-bond donors (Lipinski definition) is 1. The van der Waals surface area contributed by atoms with E-state index in [0.29, 0.717) is 51.0 Å². The third-order valence-electron chi connectivity index (χ3n) is 4.85. The predicted octanol–water partition coefficient (Wildman–Crippen LogP) is 2.03. The van der Waals surface area contributed by atoms with Gasteiger partial charge in [0.15, 0.2) is 6.61 Å². The van der Waals surface area contributed by atoms with Gasteiger partial charge in [-0.15, -0.1) is 5.10 Å². The number of rotatable bonds is 8. The summed E-state index contributed by atoms with van der Waals surface area (Å²) in [5, 5.41) is 12.3. The number of hydrogen-bond acceptors (Lipinski definition) is 8. The number of ether oxygens (including phenoxy) is 3. The fourth-order valence-electron chi connectivity index (χ4n) is 3.05. The van der Waals surface area contributed by atoms with E-state index in [4.69, 9.17) is 14.2 Å². The van der Waals surface area contributed by atoms with Crippen LogP contribution in [0.2, 0.25) is 0 Å². The number of fused-ring (bicyclic) bond motifs is 2. The zero-order valence-electron chi connectivity index (χ0n) is 16.5. The Balaban J connectivity index is 1.42. The molecule has 1 amide bonds. The summed E-state index contributed by atoms with van der Waals surface area (Å²) in [6.07, 6.45) is 5.91. The van der Waals surface area contributed by atoms with Crippen LogP contribution in [0.5, 0.6) is 16.7 Å². The van der Waals surface area contributed by atoms with Crippen molar-refractivity contribution in [3.8, 4) is 28.1 Å². The molecule has 5 rings (SSSR count). The van der Waals surface area contributed by atoms with Gasteiger partial charge in [-0.05, 0) is 36.2 Å². The number of aromatic nitrogens is 5. The van der Waals surface area contributed by atoms with Crippen LogP contribution in [0.25, 0.3) is 21.9 Å². The number of pyridine rings is 1. The minimum atomic E-state index is -0.142. The van der Waals surface area contributed by atoms with Crippen molar-refractivity contribution in [1.29, 1.82) is 0 Å². The average Bonchev–Trinajstić information content (AvgIpc) is 3.16. The SMILES string of the molecule is COc1cc(OCC(=O)NCC2CC2)c2cc(-c3cn4nc(OC)sc4n3)nn2c1. The molecule has 4 aromatic heterocycles. The maximum atomic E-state index is 12.1. The highest BCUT2D eigenvalue weighted by molar-refractivity contribution is 7.18. The molecule has 11 heteroatoms. The van der Waals surface area contributed by atoms with Gasteiger partial charge in [-0.1, -0.05) is 0 Å². The van der Waals surface area contributed by atoms with E-state index < -0.39 is 0 Å². The van der Waals surface area contributed by atoms with Crippen molar-refractivity contribution < 1.29 is 19.0 Å². The fraction of sp³-hybridized carbons (Fsp3) is 0.368. The summed E-state index contributed by atoms with van der Waals surface area (Å²) in [4.78, 5) is 17.3. The van der Waals surface area contributed by atoms with Gasteiger partial charge in [0.05, 0.1) is 26.6 Å². The van der Waals surface area contributed by atoms with E-state index >= 15 is 0 Å². The largest absolute Gasteiger partial charge is 0.495 e. The quantitative estimate of drug-likeness (QED) is 0.458. The van der Waals surface area contributed by atoms with Crippen LogP contribution in [-0.2, 0) is 4.79 Å². The highest BCUT2D eigenvalue weighted by Crippen LogP contribution is 2.31. The molecular weight excluding hydrogens is 408 g/mol. The van der Waals surface area contributed by atoms with Gasteiger partial charge in [-0.3, -0.25) is 4.79 Å². The minimum absolute atomic E-state index is 0.0695. The number of carbonyl (C=O) groups is 1. The van der Waals surface area contributed by atoms with E-state index in [1.807, 2.05) is 6.07 Å². The second-order valence-corrected chi connectivity index (χ2v) is 7.98. The lowest BCUT2D eigenvalue weighted by atomic mass is 10.3. The molecule has 4 aromatic rings. The normalized spacial score (nSPS) is 13.7. The molecule has 0 atom stereocenters. The van der Waals surface area contributed by atoms with E-state index in [1.165, 1.54) is 24.2 Å². The highest BCUT2D eigenvalue weighted by atomic mass is 32.1. The van der Waals surface area contributed by atoms with Crippen molar-refractivity contribution in [2.45, 2.75) is 12.8 Å². The molecule has 0 spiro atoms. The van der Waals surface area contributed by atoms with Crippen molar-refractivity contribution in [3.05, 3.63) is 24.5 Å². The van der Waals surface area contributed by atoms with Gasteiger partial charge in [-0.25, -0.2) is 14.0 Å². The van der Waals surface area contributed by atoms with Crippen molar-refractivity contribution in [3.63, 3.8) is 0 Å². The molecule has 0 bridgehead atoms. The zero-order valence-corrected chi connectivity index (χ0v) is 17.3. The predicted molar refractivity (Wildman–Crippen MR) is 109 cm³/mol. The molecule has 0 aromatic carbocycles. The van der Waals surface area contributed by atoms with Crippen LogP contribution >= 0.6 is 11.3 Å². The smallest absolute Gasteiger partial charge is 0.294 e. The second kappa shape index (κ2) is 7.48. The molecule has 0 saturated heterocycles. The summed E-state index contributed by atoms with van der Waals surface area (Å²) in [7, 11) is 3.14. The molecule has 0 aliphatic heterocycles. The summed E-state index contributed by atoms with van der Waals surface area (Å²) in [5.41, 5.74) is 2.04. The van der Waals surface area contributed by atoms with Gasteiger partial charge in [0.2, 0.25) is 4.96 Å². The van der Waals surface area contributed by atoms with E-state index in [1.54, 1.807) is 41.7 Å². The summed E-state index contributed by atoms with van der Waals surface area (Å²) in [6.45, 7) is 0.642. The molecule has 1 fully saturated rings. The zero-order chi connectivity index (χ0) is 20.7. The first-order chi connectivity index (χ1) is 14.6. The van der Waals surface area contributed by atoms with Crippen LogP contribution in [0.1, 0.15) is 12.8 Å². The Kier molecular flexibility index (Phi) is 4.66. The maximum absolute atomic E-state index is 12.1. The third kappa shape index (κ3) is 3.63. The number of carbonyl (C=O) groups excluding carboxylic acids is 1. The summed E-state index contributed by atoms with van der Waals surface area (Å²) < 4.78 is 19.6. The molecule has 156 valence electrons. The molecule has 10 nitrogen and oxygen atoms in total. The van der Waals surface area contributed by atoms with Gasteiger partial charge >= 0.3 is 0 Å². The highest BCUT2D eigenvalue weighted by Gasteiger charge is 2.22. The van der Waals surface area contributed by atoms with Crippen molar-refractivity contribution >= 4 is 27.7 Å². The average molecular weight is 428 g/mol. The van der Waals surface area contributed by atoms with Gasteiger partial charge in [-0.2, -0.15) is 5.10 Å². The Morgan fingerprint density at radius 3 is 2.77 bits per heavy atom. The Morgan fingerprint density at radius 1 is 1.17 bits per heavy atom. The summed E-state index contributed by atoms with van der Waals surface area (Å²) >= 11 is 1.35. The molecule has 1 aliphatic carbocycles. The van der Waals surface area contributed by atoms with Crippen LogP contribution in [0.4, 0.5) is 0 Å². The number of imidazole rings is 1. The molecule has 1 saturated carbocycles. The van der Waals surface area contributed by atoms with Crippen molar-refractivity contribution in [2.75, 3.05) is 27.4 Å². The number of nitrogens with zero attached hydrogens (tertiary/aromatic N) is 5. The number of amides is 1. The van der Waals surface area contributed by atoms with Crippen LogP contribution in [-0.4, -0.2) is 57.5 Å². The van der Waals surface area contributed by atoms with Crippen molar-refractivity contribution in [1.82, 2.24) is 29.5 Å². The number of nitrogens with one attached hydrogen (secondary N) is 1.